The van der Waals surface area contributed by atoms with Crippen LogP contribution < -0.4 is 5.32 Å². The van der Waals surface area contributed by atoms with Crippen molar-refractivity contribution in [1.82, 2.24) is 24.7 Å². The molecule has 1 N–H and O–H groups in total. The molecule has 1 aromatic carbocycles. The monoisotopic (exact) mass is 435 g/mol. The third-order valence-electron chi connectivity index (χ3n) is 5.05. The maximum Gasteiger partial charge on any atom is 0.317 e. The SMILES string of the molecule is CC(C)c1nc(CCN(C2CN(C(=O)NCCc3ccccc3)C2)S(C)(=O)=O)no1. The van der Waals surface area contributed by atoms with Crippen LogP contribution in [0.2, 0.25) is 0 Å². The number of sulfonamides is 1. The molecule has 1 aliphatic rings. The molecule has 3 rings (SSSR count). The molecule has 2 aromatic rings. The van der Waals surface area contributed by atoms with Crippen molar-refractivity contribution >= 4 is 16.1 Å². The first-order valence-corrected chi connectivity index (χ1v) is 11.9. The number of rotatable bonds is 9. The van der Waals surface area contributed by atoms with Crippen LogP contribution in [0.4, 0.5) is 4.79 Å². The van der Waals surface area contributed by atoms with Gasteiger partial charge in [0.25, 0.3) is 0 Å². The van der Waals surface area contributed by atoms with Gasteiger partial charge in [-0.25, -0.2) is 13.2 Å². The fraction of sp³-hybridized carbons (Fsp3) is 0.550. The van der Waals surface area contributed by atoms with Crippen molar-refractivity contribution in [2.75, 3.05) is 32.4 Å². The van der Waals surface area contributed by atoms with Gasteiger partial charge in [0.2, 0.25) is 15.9 Å². The average Bonchev–Trinajstić information content (AvgIpc) is 3.12. The quantitative estimate of drug-likeness (QED) is 0.641. The van der Waals surface area contributed by atoms with Gasteiger partial charge < -0.3 is 14.7 Å². The van der Waals surface area contributed by atoms with Crippen molar-refractivity contribution in [2.45, 2.75) is 38.6 Å². The lowest BCUT2D eigenvalue weighted by atomic mass is 10.1. The van der Waals surface area contributed by atoms with Crippen molar-refractivity contribution < 1.29 is 17.7 Å². The lowest BCUT2D eigenvalue weighted by Gasteiger charge is -2.44. The van der Waals surface area contributed by atoms with Crippen LogP contribution in [0.3, 0.4) is 0 Å². The first kappa shape index (κ1) is 22.2. The average molecular weight is 436 g/mol. The Hall–Kier alpha value is -2.46. The second-order valence-corrected chi connectivity index (χ2v) is 9.79. The Labute approximate surface area is 177 Å². The van der Waals surface area contributed by atoms with E-state index in [4.69, 9.17) is 4.52 Å². The molecule has 1 fully saturated rings. The zero-order chi connectivity index (χ0) is 21.7. The summed E-state index contributed by atoms with van der Waals surface area (Å²) in [5.41, 5.74) is 1.16. The predicted molar refractivity (Wildman–Crippen MR) is 113 cm³/mol. The number of nitrogens with one attached hydrogen (secondary N) is 1. The van der Waals surface area contributed by atoms with E-state index in [9.17, 15) is 13.2 Å². The molecule has 0 saturated carbocycles. The highest BCUT2D eigenvalue weighted by Gasteiger charge is 2.38. The lowest BCUT2D eigenvalue weighted by molar-refractivity contribution is 0.101. The van der Waals surface area contributed by atoms with Crippen molar-refractivity contribution in [2.24, 2.45) is 0 Å². The van der Waals surface area contributed by atoms with E-state index in [0.717, 1.165) is 12.0 Å². The van der Waals surface area contributed by atoms with Crippen molar-refractivity contribution in [1.29, 1.82) is 0 Å². The standard InChI is InChI=1S/C20H29N5O4S/c1-15(2)19-22-18(23-29-19)10-12-25(30(3,27)28)17-13-24(14-17)20(26)21-11-9-16-7-5-4-6-8-16/h4-8,15,17H,9-14H2,1-3H3,(H,21,26). The van der Waals surface area contributed by atoms with Gasteiger partial charge in [-0.15, -0.1) is 0 Å². The second kappa shape index (κ2) is 9.57. The lowest BCUT2D eigenvalue weighted by Crippen LogP contribution is -2.64. The summed E-state index contributed by atoms with van der Waals surface area (Å²) in [6.45, 7) is 5.43. The topological polar surface area (TPSA) is 109 Å². The molecule has 2 amide bonds. The number of urea groups is 1. The number of hydrogen-bond acceptors (Lipinski definition) is 6. The number of nitrogens with zero attached hydrogens (tertiary/aromatic N) is 4. The number of benzene rings is 1. The fourth-order valence-corrected chi connectivity index (χ4v) is 4.40. The molecule has 30 heavy (non-hydrogen) atoms. The minimum Gasteiger partial charge on any atom is -0.339 e. The fourth-order valence-electron chi connectivity index (χ4n) is 3.31. The first-order chi connectivity index (χ1) is 14.2. The third kappa shape index (κ3) is 5.79. The van der Waals surface area contributed by atoms with E-state index < -0.39 is 10.0 Å². The number of amides is 2. The Balaban J connectivity index is 1.46. The Bertz CT molecular complexity index is 939. The number of aromatic nitrogens is 2. The van der Waals surface area contributed by atoms with Gasteiger partial charge in [0.05, 0.1) is 12.3 Å². The highest BCUT2D eigenvalue weighted by atomic mass is 32.2. The molecule has 2 heterocycles. The summed E-state index contributed by atoms with van der Waals surface area (Å²) in [6.07, 6.45) is 2.30. The van der Waals surface area contributed by atoms with E-state index in [2.05, 4.69) is 15.5 Å². The molecule has 1 aliphatic heterocycles. The van der Waals surface area contributed by atoms with Crippen LogP contribution in [0.5, 0.6) is 0 Å². The van der Waals surface area contributed by atoms with E-state index >= 15 is 0 Å². The molecule has 0 atom stereocenters. The smallest absolute Gasteiger partial charge is 0.317 e. The van der Waals surface area contributed by atoms with E-state index in [-0.39, 0.29) is 24.5 Å². The largest absolute Gasteiger partial charge is 0.339 e. The van der Waals surface area contributed by atoms with Gasteiger partial charge >= 0.3 is 6.03 Å². The van der Waals surface area contributed by atoms with Crippen LogP contribution in [0.1, 0.15) is 37.0 Å². The summed E-state index contributed by atoms with van der Waals surface area (Å²) in [7, 11) is -3.42. The molecule has 0 bridgehead atoms. The van der Waals surface area contributed by atoms with Gasteiger partial charge in [-0.1, -0.05) is 49.3 Å². The molecular weight excluding hydrogens is 406 g/mol. The van der Waals surface area contributed by atoms with Crippen LogP contribution >= 0.6 is 0 Å². The Kier molecular flexibility index (Phi) is 7.09. The normalized spacial score (nSPS) is 14.9. The summed E-state index contributed by atoms with van der Waals surface area (Å²) in [4.78, 5) is 18.2. The molecule has 0 radical (unpaired) electrons. The first-order valence-electron chi connectivity index (χ1n) is 10.1. The van der Waals surface area contributed by atoms with Crippen LogP contribution in [-0.2, 0) is 22.9 Å². The van der Waals surface area contributed by atoms with Crippen LogP contribution in [-0.4, -0.2) is 72.3 Å². The van der Waals surface area contributed by atoms with Crippen LogP contribution in [0.25, 0.3) is 0 Å². The van der Waals surface area contributed by atoms with Gasteiger partial charge in [-0.2, -0.15) is 9.29 Å². The number of carbonyl (C=O) groups excluding carboxylic acids is 1. The van der Waals surface area contributed by atoms with E-state index in [1.54, 1.807) is 4.90 Å². The molecule has 1 saturated heterocycles. The van der Waals surface area contributed by atoms with Gasteiger partial charge in [0.1, 0.15) is 0 Å². The maximum atomic E-state index is 12.3. The summed E-state index contributed by atoms with van der Waals surface area (Å²) < 4.78 is 31.1. The molecule has 0 spiro atoms. The highest BCUT2D eigenvalue weighted by molar-refractivity contribution is 7.88. The minimum atomic E-state index is -3.42. The summed E-state index contributed by atoms with van der Waals surface area (Å²) in [5, 5.41) is 6.80. The molecule has 0 aliphatic carbocycles. The van der Waals surface area contributed by atoms with Gasteiger partial charge in [0.15, 0.2) is 5.82 Å². The molecule has 10 heteroatoms. The predicted octanol–water partition coefficient (Wildman–Crippen LogP) is 1.63. The zero-order valence-corrected chi connectivity index (χ0v) is 18.4. The number of likely N-dealkylation sites (tertiary alicyclic amines) is 1. The Morgan fingerprint density at radius 1 is 1.27 bits per heavy atom. The third-order valence-corrected chi connectivity index (χ3v) is 6.38. The molecule has 164 valence electrons. The maximum absolute atomic E-state index is 12.3. The van der Waals surface area contributed by atoms with E-state index in [1.807, 2.05) is 44.2 Å². The van der Waals surface area contributed by atoms with Crippen molar-refractivity contribution in [3.8, 4) is 0 Å². The molecular formula is C20H29N5O4S. The number of hydrogen-bond donors (Lipinski definition) is 1. The molecule has 1 aromatic heterocycles. The highest BCUT2D eigenvalue weighted by Crippen LogP contribution is 2.19. The van der Waals surface area contributed by atoms with Crippen LogP contribution in [0.15, 0.2) is 34.9 Å². The summed E-state index contributed by atoms with van der Waals surface area (Å²) in [6, 6.07) is 9.52. The van der Waals surface area contributed by atoms with E-state index in [1.165, 1.54) is 10.6 Å². The van der Waals surface area contributed by atoms with Crippen LogP contribution in [0, 0.1) is 0 Å². The molecule has 0 unspecified atom stereocenters. The van der Waals surface area contributed by atoms with Gasteiger partial charge in [-0.05, 0) is 12.0 Å². The number of carbonyl (C=O) groups is 1. The second-order valence-electron chi connectivity index (χ2n) is 7.85. The zero-order valence-electron chi connectivity index (χ0n) is 17.6. The molecule has 9 nitrogen and oxygen atoms in total. The van der Waals surface area contributed by atoms with Gasteiger partial charge in [-0.3, -0.25) is 0 Å². The van der Waals surface area contributed by atoms with Gasteiger partial charge in [0, 0.05) is 38.5 Å². The summed E-state index contributed by atoms with van der Waals surface area (Å²) >= 11 is 0. The Morgan fingerprint density at radius 2 is 1.97 bits per heavy atom. The minimum absolute atomic E-state index is 0.123. The van der Waals surface area contributed by atoms with Crippen molar-refractivity contribution in [3.05, 3.63) is 47.6 Å². The Morgan fingerprint density at radius 3 is 2.57 bits per heavy atom. The van der Waals surface area contributed by atoms with Crippen molar-refractivity contribution in [3.63, 3.8) is 0 Å². The van der Waals surface area contributed by atoms with E-state index in [0.29, 0.717) is 37.8 Å². The summed E-state index contributed by atoms with van der Waals surface area (Å²) in [5.74, 6) is 1.15.